The van der Waals surface area contributed by atoms with Crippen LogP contribution in [0.1, 0.15) is 38.8 Å². The van der Waals surface area contributed by atoms with Gasteiger partial charge in [0.15, 0.2) is 5.66 Å². The Labute approximate surface area is 211 Å². The molecular formula is C27H28ClN3O2S. The van der Waals surface area contributed by atoms with E-state index in [0.29, 0.717) is 15.7 Å². The molecule has 2 aromatic carbocycles. The first-order valence-electron chi connectivity index (χ1n) is 10.8. The predicted molar refractivity (Wildman–Crippen MR) is 143 cm³/mol. The standard InChI is InChI=1S/C27H28ClN3O2S/c1-6-17(2)18(3)23-19(4)29-25(34)27(5,30-24(23)21-12-14-22(28)15-13-21)31-26(32)33-16-20-10-8-7-9-11-20/h6-15H,1,16H2,2-5H3,(H,29,34)(H,31,32)/b18-17-. The molecule has 0 saturated heterocycles. The number of halogens is 1. The summed E-state index contributed by atoms with van der Waals surface area (Å²) in [7, 11) is 0. The molecule has 3 rings (SSSR count). The second-order valence-corrected chi connectivity index (χ2v) is 9.04. The number of nitrogens with zero attached hydrogens (tertiary/aromatic N) is 1. The van der Waals surface area contributed by atoms with Crippen molar-refractivity contribution in [2.75, 3.05) is 0 Å². The third kappa shape index (κ3) is 5.82. The maximum absolute atomic E-state index is 12.7. The van der Waals surface area contributed by atoms with Crippen LogP contribution in [-0.2, 0) is 11.3 Å². The molecule has 34 heavy (non-hydrogen) atoms. The summed E-state index contributed by atoms with van der Waals surface area (Å²) in [5.41, 5.74) is 4.85. The Morgan fingerprint density at radius 1 is 1.21 bits per heavy atom. The minimum Gasteiger partial charge on any atom is -0.445 e. The minimum atomic E-state index is -1.25. The molecule has 1 aliphatic heterocycles. The maximum atomic E-state index is 12.7. The lowest BCUT2D eigenvalue weighted by Gasteiger charge is -2.27. The lowest BCUT2D eigenvalue weighted by molar-refractivity contribution is 0.134. The molecule has 7 heteroatoms. The minimum absolute atomic E-state index is 0.138. The molecule has 176 valence electrons. The van der Waals surface area contributed by atoms with Gasteiger partial charge in [0, 0.05) is 21.9 Å². The first-order valence-corrected chi connectivity index (χ1v) is 11.6. The van der Waals surface area contributed by atoms with E-state index >= 15 is 0 Å². The number of benzene rings is 2. The van der Waals surface area contributed by atoms with Crippen molar-refractivity contribution in [1.82, 2.24) is 10.6 Å². The number of alkyl carbamates (subject to hydrolysis) is 1. The largest absolute Gasteiger partial charge is 0.445 e. The average Bonchev–Trinajstić information content (AvgIpc) is 2.91. The number of allylic oxidation sites excluding steroid dienone is 5. The number of carbonyl (C=O) groups excluding carboxylic acids is 1. The molecule has 2 aromatic rings. The third-order valence-electron chi connectivity index (χ3n) is 5.64. The van der Waals surface area contributed by atoms with Crippen LogP contribution in [0.4, 0.5) is 4.79 Å². The smallest absolute Gasteiger partial charge is 0.409 e. The maximum Gasteiger partial charge on any atom is 0.409 e. The first kappa shape index (κ1) is 25.4. The van der Waals surface area contributed by atoms with Gasteiger partial charge in [0.1, 0.15) is 11.6 Å². The number of aliphatic imine (C=N–C) groups is 1. The van der Waals surface area contributed by atoms with Crippen LogP contribution < -0.4 is 10.6 Å². The zero-order valence-corrected chi connectivity index (χ0v) is 21.3. The van der Waals surface area contributed by atoms with Gasteiger partial charge in [0.05, 0.1) is 5.71 Å². The Kier molecular flexibility index (Phi) is 8.07. The SMILES string of the molecule is C=C/C(C)=C(/C)C1=C(C)NC(=S)C(C)(NC(=O)OCc2ccccc2)N=C1c1ccc(Cl)cc1. The number of carbonyl (C=O) groups is 1. The Morgan fingerprint density at radius 3 is 2.47 bits per heavy atom. The van der Waals surface area contributed by atoms with E-state index in [1.54, 1.807) is 25.1 Å². The molecule has 0 saturated carbocycles. The van der Waals surface area contributed by atoms with Crippen molar-refractivity contribution in [3.8, 4) is 0 Å². The highest BCUT2D eigenvalue weighted by Crippen LogP contribution is 2.29. The van der Waals surface area contributed by atoms with E-state index in [2.05, 4.69) is 17.2 Å². The van der Waals surface area contributed by atoms with Crippen molar-refractivity contribution in [3.05, 3.63) is 106 Å². The van der Waals surface area contributed by atoms with E-state index in [1.165, 1.54) is 0 Å². The van der Waals surface area contributed by atoms with E-state index in [4.69, 9.17) is 33.5 Å². The number of ether oxygens (including phenoxy) is 1. The van der Waals surface area contributed by atoms with Gasteiger partial charge in [0.2, 0.25) is 0 Å². The zero-order valence-electron chi connectivity index (χ0n) is 19.7. The zero-order chi connectivity index (χ0) is 24.9. The van der Waals surface area contributed by atoms with Crippen LogP contribution in [0.5, 0.6) is 0 Å². The lowest BCUT2D eigenvalue weighted by atomic mass is 9.92. The van der Waals surface area contributed by atoms with Crippen molar-refractivity contribution in [1.29, 1.82) is 0 Å². The van der Waals surface area contributed by atoms with Gasteiger partial charge in [-0.25, -0.2) is 9.79 Å². The molecule has 0 fully saturated rings. The van der Waals surface area contributed by atoms with Crippen molar-refractivity contribution >= 4 is 40.6 Å². The number of amides is 1. The molecule has 0 spiro atoms. The molecule has 0 radical (unpaired) electrons. The second-order valence-electron chi connectivity index (χ2n) is 8.19. The van der Waals surface area contributed by atoms with E-state index in [-0.39, 0.29) is 6.61 Å². The van der Waals surface area contributed by atoms with Gasteiger partial charge in [-0.1, -0.05) is 78.9 Å². The fourth-order valence-electron chi connectivity index (χ4n) is 3.53. The topological polar surface area (TPSA) is 62.7 Å². The van der Waals surface area contributed by atoms with Crippen LogP contribution in [0.2, 0.25) is 5.02 Å². The summed E-state index contributed by atoms with van der Waals surface area (Å²) in [6.45, 7) is 11.7. The van der Waals surface area contributed by atoms with Crippen LogP contribution in [0.15, 0.2) is 94.7 Å². The fourth-order valence-corrected chi connectivity index (χ4v) is 3.91. The van der Waals surface area contributed by atoms with Crippen molar-refractivity contribution in [2.45, 2.75) is 40.0 Å². The summed E-state index contributed by atoms with van der Waals surface area (Å²) in [4.78, 5) is 18.1. The normalized spacial score (nSPS) is 18.9. The molecular weight excluding hydrogens is 466 g/mol. The highest BCUT2D eigenvalue weighted by molar-refractivity contribution is 7.80. The third-order valence-corrected chi connectivity index (χ3v) is 6.39. The van der Waals surface area contributed by atoms with Crippen LogP contribution in [0, 0.1) is 0 Å². The molecule has 1 aliphatic rings. The van der Waals surface area contributed by atoms with Crippen LogP contribution in [-0.4, -0.2) is 22.5 Å². The Bertz CT molecular complexity index is 1200. The predicted octanol–water partition coefficient (Wildman–Crippen LogP) is 6.50. The van der Waals surface area contributed by atoms with Crippen LogP contribution in [0.25, 0.3) is 0 Å². The van der Waals surface area contributed by atoms with Gasteiger partial charge in [0.25, 0.3) is 0 Å². The molecule has 0 aliphatic carbocycles. The Balaban J connectivity index is 2.03. The highest BCUT2D eigenvalue weighted by Gasteiger charge is 2.36. The molecule has 2 N–H and O–H groups in total. The average molecular weight is 494 g/mol. The van der Waals surface area contributed by atoms with Crippen LogP contribution >= 0.6 is 23.8 Å². The monoisotopic (exact) mass is 493 g/mol. The number of hydrogen-bond donors (Lipinski definition) is 2. The number of nitrogens with one attached hydrogen (secondary N) is 2. The summed E-state index contributed by atoms with van der Waals surface area (Å²) in [5, 5.41) is 6.73. The molecule has 0 aromatic heterocycles. The summed E-state index contributed by atoms with van der Waals surface area (Å²) in [6.07, 6.45) is 1.18. The lowest BCUT2D eigenvalue weighted by Crippen LogP contribution is -2.54. The van der Waals surface area contributed by atoms with Gasteiger partial charge < -0.3 is 10.1 Å². The van der Waals surface area contributed by atoms with Gasteiger partial charge in [-0.05, 0) is 56.5 Å². The fraction of sp³-hybridized carbons (Fsp3) is 0.222. The molecule has 0 bridgehead atoms. The van der Waals surface area contributed by atoms with Crippen molar-refractivity contribution in [2.24, 2.45) is 4.99 Å². The molecule has 1 heterocycles. The highest BCUT2D eigenvalue weighted by atomic mass is 35.5. The Hall–Kier alpha value is -3.22. The second kappa shape index (κ2) is 10.8. The molecule has 1 unspecified atom stereocenters. The van der Waals surface area contributed by atoms with E-state index in [0.717, 1.165) is 33.5 Å². The summed E-state index contributed by atoms with van der Waals surface area (Å²) < 4.78 is 5.44. The quantitative estimate of drug-likeness (QED) is 0.356. The van der Waals surface area contributed by atoms with Crippen molar-refractivity contribution < 1.29 is 9.53 Å². The molecule has 5 nitrogen and oxygen atoms in total. The summed E-state index contributed by atoms with van der Waals surface area (Å²) >= 11 is 11.8. The van der Waals surface area contributed by atoms with Crippen LogP contribution in [0.3, 0.4) is 0 Å². The van der Waals surface area contributed by atoms with Crippen molar-refractivity contribution in [3.63, 3.8) is 0 Å². The Morgan fingerprint density at radius 2 is 1.85 bits per heavy atom. The summed E-state index contributed by atoms with van der Waals surface area (Å²) in [6, 6.07) is 16.9. The van der Waals surface area contributed by atoms with Gasteiger partial charge >= 0.3 is 6.09 Å². The molecule has 1 amide bonds. The number of rotatable bonds is 6. The van der Waals surface area contributed by atoms with Gasteiger partial charge in [-0.3, -0.25) is 5.32 Å². The van der Waals surface area contributed by atoms with E-state index in [9.17, 15) is 4.79 Å². The number of hydrogen-bond acceptors (Lipinski definition) is 4. The summed E-state index contributed by atoms with van der Waals surface area (Å²) in [5.74, 6) is 0. The van der Waals surface area contributed by atoms with E-state index in [1.807, 2.05) is 63.2 Å². The van der Waals surface area contributed by atoms with Gasteiger partial charge in [-0.2, -0.15) is 0 Å². The van der Waals surface area contributed by atoms with E-state index < -0.39 is 11.8 Å². The first-order chi connectivity index (χ1) is 16.1. The number of thiocarbonyl (C=S) groups is 1. The molecule has 1 atom stereocenters. The van der Waals surface area contributed by atoms with Gasteiger partial charge in [-0.15, -0.1) is 0 Å².